The van der Waals surface area contributed by atoms with Crippen molar-refractivity contribution in [2.24, 2.45) is 5.41 Å². The van der Waals surface area contributed by atoms with Gasteiger partial charge in [-0.2, -0.15) is 4.37 Å². The van der Waals surface area contributed by atoms with E-state index in [2.05, 4.69) is 14.3 Å². The third-order valence-electron chi connectivity index (χ3n) is 3.85. The quantitative estimate of drug-likeness (QED) is 0.838. The Morgan fingerprint density at radius 1 is 1.20 bits per heavy atom. The molecule has 0 radical (unpaired) electrons. The van der Waals surface area contributed by atoms with Crippen molar-refractivity contribution in [1.82, 2.24) is 14.3 Å². The van der Waals surface area contributed by atoms with Crippen LogP contribution in [-0.4, -0.2) is 46.3 Å². The maximum Gasteiger partial charge on any atom is 0.228 e. The van der Waals surface area contributed by atoms with Gasteiger partial charge in [-0.25, -0.2) is 4.98 Å². The monoisotopic (exact) mass is 294 g/mol. The van der Waals surface area contributed by atoms with Crippen molar-refractivity contribution >= 4 is 22.6 Å². The lowest BCUT2D eigenvalue weighted by Gasteiger charge is -2.37. The van der Waals surface area contributed by atoms with Crippen LogP contribution in [0.5, 0.6) is 0 Å². The zero-order valence-electron chi connectivity index (χ0n) is 12.4. The molecule has 20 heavy (non-hydrogen) atoms. The molecule has 1 aliphatic carbocycles. The standard InChI is InChI=1S/C14H22N4OS/c1-14(2,3)12(19)17-6-8-18(9-7-17)13-15-11(16-20-13)10-4-5-10/h10H,4-9H2,1-3H3. The molecule has 2 aliphatic rings. The third kappa shape index (κ3) is 2.80. The summed E-state index contributed by atoms with van der Waals surface area (Å²) in [6, 6.07) is 0. The van der Waals surface area contributed by atoms with Crippen LogP contribution < -0.4 is 4.90 Å². The van der Waals surface area contributed by atoms with Crippen LogP contribution in [0.15, 0.2) is 0 Å². The number of nitrogens with zero attached hydrogens (tertiary/aromatic N) is 4. The summed E-state index contributed by atoms with van der Waals surface area (Å²) in [6.07, 6.45) is 2.48. The molecule has 0 N–H and O–H groups in total. The Morgan fingerprint density at radius 2 is 1.85 bits per heavy atom. The number of aromatic nitrogens is 2. The largest absolute Gasteiger partial charge is 0.343 e. The molecule has 0 spiro atoms. The van der Waals surface area contributed by atoms with E-state index >= 15 is 0 Å². The van der Waals surface area contributed by atoms with Crippen molar-refractivity contribution in [2.45, 2.75) is 39.5 Å². The van der Waals surface area contributed by atoms with Crippen LogP contribution in [0.1, 0.15) is 45.4 Å². The van der Waals surface area contributed by atoms with Crippen molar-refractivity contribution in [2.75, 3.05) is 31.1 Å². The van der Waals surface area contributed by atoms with Crippen molar-refractivity contribution < 1.29 is 4.79 Å². The van der Waals surface area contributed by atoms with Crippen molar-refractivity contribution in [3.8, 4) is 0 Å². The van der Waals surface area contributed by atoms with Gasteiger partial charge in [0.15, 0.2) is 0 Å². The summed E-state index contributed by atoms with van der Waals surface area (Å²) in [5.41, 5.74) is -0.288. The van der Waals surface area contributed by atoms with E-state index in [9.17, 15) is 4.79 Å². The Balaban J connectivity index is 1.59. The molecule has 1 aliphatic heterocycles. The summed E-state index contributed by atoms with van der Waals surface area (Å²) in [7, 11) is 0. The lowest BCUT2D eigenvalue weighted by Crippen LogP contribution is -2.51. The summed E-state index contributed by atoms with van der Waals surface area (Å²) in [6.45, 7) is 9.24. The first kappa shape index (κ1) is 13.8. The van der Waals surface area contributed by atoms with E-state index in [1.807, 2.05) is 25.7 Å². The van der Waals surface area contributed by atoms with Gasteiger partial charge >= 0.3 is 0 Å². The molecule has 1 amide bonds. The predicted octanol–water partition coefficient (Wildman–Crippen LogP) is 2.11. The van der Waals surface area contributed by atoms with Gasteiger partial charge in [-0.3, -0.25) is 4.79 Å². The topological polar surface area (TPSA) is 49.3 Å². The molecule has 2 heterocycles. The Hall–Kier alpha value is -1.17. The molecule has 6 heteroatoms. The fourth-order valence-electron chi connectivity index (χ4n) is 2.44. The Kier molecular flexibility index (Phi) is 3.44. The Bertz CT molecular complexity index is 496. The van der Waals surface area contributed by atoms with Crippen LogP contribution in [0.2, 0.25) is 0 Å². The minimum Gasteiger partial charge on any atom is -0.343 e. The number of hydrogen-bond donors (Lipinski definition) is 0. The first-order valence-electron chi connectivity index (χ1n) is 7.33. The van der Waals surface area contributed by atoms with Gasteiger partial charge in [0.2, 0.25) is 11.0 Å². The van der Waals surface area contributed by atoms with E-state index in [4.69, 9.17) is 0 Å². The highest BCUT2D eigenvalue weighted by Crippen LogP contribution is 2.39. The van der Waals surface area contributed by atoms with Crippen molar-refractivity contribution in [3.05, 3.63) is 5.82 Å². The van der Waals surface area contributed by atoms with Gasteiger partial charge < -0.3 is 9.80 Å². The lowest BCUT2D eigenvalue weighted by molar-refractivity contribution is -0.139. The smallest absolute Gasteiger partial charge is 0.228 e. The number of piperazine rings is 1. The SMILES string of the molecule is CC(C)(C)C(=O)N1CCN(c2nc(C3CC3)ns2)CC1. The van der Waals surface area contributed by atoms with Crippen LogP contribution in [-0.2, 0) is 4.79 Å². The third-order valence-corrected chi connectivity index (χ3v) is 4.64. The van der Waals surface area contributed by atoms with Gasteiger partial charge in [-0.15, -0.1) is 0 Å². The zero-order chi connectivity index (χ0) is 14.3. The fourth-order valence-corrected chi connectivity index (χ4v) is 3.23. The van der Waals surface area contributed by atoms with Gasteiger partial charge in [0.1, 0.15) is 5.82 Å². The van der Waals surface area contributed by atoms with Crippen molar-refractivity contribution in [3.63, 3.8) is 0 Å². The number of amides is 1. The van der Waals surface area contributed by atoms with E-state index in [-0.39, 0.29) is 11.3 Å². The normalized spacial score (nSPS) is 20.4. The molecular formula is C14H22N4OS. The molecule has 3 rings (SSSR count). The van der Waals surface area contributed by atoms with Crippen LogP contribution >= 0.6 is 11.5 Å². The van der Waals surface area contributed by atoms with E-state index in [1.54, 1.807) is 0 Å². The highest BCUT2D eigenvalue weighted by molar-refractivity contribution is 7.09. The second-order valence-corrected chi connectivity index (χ2v) is 7.47. The summed E-state index contributed by atoms with van der Waals surface area (Å²) < 4.78 is 4.46. The second kappa shape index (κ2) is 4.98. The van der Waals surface area contributed by atoms with Crippen molar-refractivity contribution in [1.29, 1.82) is 0 Å². The average molecular weight is 294 g/mol. The average Bonchev–Trinajstić information content (AvgIpc) is 3.15. The Labute approximate surface area is 124 Å². The van der Waals surface area contributed by atoms with Gasteiger partial charge in [0.05, 0.1) is 0 Å². The number of carbonyl (C=O) groups excluding carboxylic acids is 1. The highest BCUT2D eigenvalue weighted by Gasteiger charge is 2.32. The van der Waals surface area contributed by atoms with E-state index in [0.717, 1.165) is 37.1 Å². The van der Waals surface area contributed by atoms with E-state index in [0.29, 0.717) is 5.92 Å². The predicted molar refractivity (Wildman–Crippen MR) is 80.1 cm³/mol. The molecule has 1 saturated heterocycles. The summed E-state index contributed by atoms with van der Waals surface area (Å²) in [5, 5.41) is 1.02. The molecule has 0 aromatic carbocycles. The van der Waals surface area contributed by atoms with Gasteiger partial charge in [0.25, 0.3) is 0 Å². The molecule has 1 aromatic heterocycles. The lowest BCUT2D eigenvalue weighted by atomic mass is 9.94. The van der Waals surface area contributed by atoms with Gasteiger partial charge in [-0.1, -0.05) is 20.8 Å². The van der Waals surface area contributed by atoms with Crippen LogP contribution in [0, 0.1) is 5.41 Å². The van der Waals surface area contributed by atoms with Crippen LogP contribution in [0.4, 0.5) is 5.13 Å². The molecule has 5 nitrogen and oxygen atoms in total. The van der Waals surface area contributed by atoms with Gasteiger partial charge in [-0.05, 0) is 12.8 Å². The molecule has 0 unspecified atom stereocenters. The van der Waals surface area contributed by atoms with Crippen LogP contribution in [0.3, 0.4) is 0 Å². The first-order valence-corrected chi connectivity index (χ1v) is 8.10. The maximum absolute atomic E-state index is 12.2. The molecule has 110 valence electrons. The molecule has 1 aromatic rings. The molecular weight excluding hydrogens is 272 g/mol. The molecule has 0 bridgehead atoms. The maximum atomic E-state index is 12.2. The summed E-state index contributed by atoms with van der Waals surface area (Å²) in [5.74, 6) is 1.88. The van der Waals surface area contributed by atoms with E-state index < -0.39 is 0 Å². The minimum absolute atomic E-state index is 0.244. The number of anilines is 1. The first-order chi connectivity index (χ1) is 9.45. The minimum atomic E-state index is -0.288. The number of rotatable bonds is 2. The molecule has 1 saturated carbocycles. The molecule has 2 fully saturated rings. The van der Waals surface area contributed by atoms with Crippen LogP contribution in [0.25, 0.3) is 0 Å². The second-order valence-electron chi connectivity index (χ2n) is 6.74. The zero-order valence-corrected chi connectivity index (χ0v) is 13.2. The summed E-state index contributed by atoms with van der Waals surface area (Å²) >= 11 is 1.50. The highest BCUT2D eigenvalue weighted by atomic mass is 32.1. The molecule has 0 atom stereocenters. The number of hydrogen-bond acceptors (Lipinski definition) is 5. The van der Waals surface area contributed by atoms with E-state index in [1.165, 1.54) is 24.4 Å². The van der Waals surface area contributed by atoms with Gasteiger partial charge in [0, 0.05) is 49.0 Å². The Morgan fingerprint density at radius 3 is 2.40 bits per heavy atom. The number of carbonyl (C=O) groups is 1. The fraction of sp³-hybridized carbons (Fsp3) is 0.786. The summed E-state index contributed by atoms with van der Waals surface area (Å²) in [4.78, 5) is 21.1.